The second-order valence-corrected chi connectivity index (χ2v) is 7.77. The lowest BCUT2D eigenvalue weighted by molar-refractivity contribution is -0.121. The molecule has 30 heavy (non-hydrogen) atoms. The minimum absolute atomic E-state index is 0.0474. The van der Waals surface area contributed by atoms with Crippen molar-refractivity contribution in [2.45, 2.75) is 13.0 Å². The Kier molecular flexibility index (Phi) is 6.62. The molecule has 156 valence electrons. The molecule has 4 rings (SSSR count). The van der Waals surface area contributed by atoms with E-state index < -0.39 is 0 Å². The lowest BCUT2D eigenvalue weighted by Crippen LogP contribution is -2.53. The van der Waals surface area contributed by atoms with Gasteiger partial charge in [-0.25, -0.2) is 0 Å². The highest BCUT2D eigenvalue weighted by Crippen LogP contribution is 2.19. The topological polar surface area (TPSA) is 44.8 Å². The number of rotatable bonds is 7. The Bertz CT molecular complexity index is 968. The van der Waals surface area contributed by atoms with Crippen LogP contribution in [0.2, 0.25) is 0 Å². The molecule has 0 saturated carbocycles. The summed E-state index contributed by atoms with van der Waals surface area (Å²) >= 11 is 0. The normalized spacial score (nSPS) is 16.3. The number of nitrogens with one attached hydrogen (secondary N) is 1. The van der Waals surface area contributed by atoms with E-state index in [1.54, 1.807) is 0 Å². The van der Waals surface area contributed by atoms with E-state index in [9.17, 15) is 4.79 Å². The molecule has 1 aliphatic rings. The van der Waals surface area contributed by atoms with Crippen LogP contribution in [0.1, 0.15) is 6.92 Å². The maximum absolute atomic E-state index is 12.8. The van der Waals surface area contributed by atoms with Crippen LogP contribution in [-0.2, 0) is 4.79 Å². The number of nitrogens with zero attached hydrogens (tertiary/aromatic N) is 2. The van der Waals surface area contributed by atoms with Crippen molar-refractivity contribution in [3.8, 4) is 5.75 Å². The van der Waals surface area contributed by atoms with E-state index >= 15 is 0 Å². The molecule has 1 saturated heterocycles. The molecule has 1 amide bonds. The minimum Gasteiger partial charge on any atom is -0.492 e. The summed E-state index contributed by atoms with van der Waals surface area (Å²) in [6.07, 6.45) is 0. The van der Waals surface area contributed by atoms with Crippen LogP contribution in [0.15, 0.2) is 72.8 Å². The third-order valence-corrected chi connectivity index (χ3v) is 5.77. The molecule has 0 aliphatic carbocycles. The molecule has 5 nitrogen and oxygen atoms in total. The van der Waals surface area contributed by atoms with Crippen molar-refractivity contribution >= 4 is 22.4 Å². The molecule has 3 aromatic rings. The van der Waals surface area contributed by atoms with Gasteiger partial charge >= 0.3 is 0 Å². The Balaban J connectivity index is 1.23. The summed E-state index contributed by atoms with van der Waals surface area (Å²) in [5.41, 5.74) is 0.849. The Morgan fingerprint density at radius 3 is 2.40 bits per heavy atom. The first-order valence-corrected chi connectivity index (χ1v) is 10.6. The van der Waals surface area contributed by atoms with Crippen LogP contribution >= 0.6 is 0 Å². The van der Waals surface area contributed by atoms with E-state index in [-0.39, 0.29) is 11.9 Å². The third kappa shape index (κ3) is 5.17. The fourth-order valence-electron chi connectivity index (χ4n) is 3.86. The van der Waals surface area contributed by atoms with E-state index in [0.29, 0.717) is 6.61 Å². The number of ether oxygens (including phenoxy) is 1. The smallest absolute Gasteiger partial charge is 0.241 e. The monoisotopic (exact) mass is 403 g/mol. The van der Waals surface area contributed by atoms with Gasteiger partial charge in [0.15, 0.2) is 0 Å². The second kappa shape index (κ2) is 9.74. The molecule has 3 aromatic carbocycles. The predicted octanol–water partition coefficient (Wildman–Crippen LogP) is 3.86. The number of hydrogen-bond acceptors (Lipinski definition) is 4. The molecule has 1 aliphatic heterocycles. The zero-order chi connectivity index (χ0) is 20.8. The number of anilines is 1. The van der Waals surface area contributed by atoms with E-state index in [0.717, 1.165) is 49.5 Å². The van der Waals surface area contributed by atoms with Crippen molar-refractivity contribution in [1.29, 1.82) is 0 Å². The Labute approximate surface area is 178 Å². The van der Waals surface area contributed by atoms with E-state index in [2.05, 4.69) is 27.2 Å². The lowest BCUT2D eigenvalue weighted by Gasteiger charge is -2.37. The fourth-order valence-corrected chi connectivity index (χ4v) is 3.86. The number of carbonyl (C=O) groups excluding carboxylic acids is 1. The van der Waals surface area contributed by atoms with Gasteiger partial charge in [-0.3, -0.25) is 14.6 Å². The van der Waals surface area contributed by atoms with Crippen LogP contribution in [0.4, 0.5) is 5.69 Å². The van der Waals surface area contributed by atoms with Gasteiger partial charge in [0.25, 0.3) is 0 Å². The first kappa shape index (κ1) is 20.4. The van der Waals surface area contributed by atoms with Gasteiger partial charge in [-0.15, -0.1) is 0 Å². The average molecular weight is 404 g/mol. The highest BCUT2D eigenvalue weighted by molar-refractivity contribution is 5.97. The number of hydrogen-bond donors (Lipinski definition) is 1. The van der Waals surface area contributed by atoms with Crippen LogP contribution < -0.4 is 10.1 Å². The number of para-hydroxylation sites is 1. The molecule has 1 fully saturated rings. The van der Waals surface area contributed by atoms with Crippen molar-refractivity contribution < 1.29 is 9.53 Å². The quantitative estimate of drug-likeness (QED) is 0.651. The third-order valence-electron chi connectivity index (χ3n) is 5.77. The van der Waals surface area contributed by atoms with Crippen LogP contribution in [-0.4, -0.2) is 61.1 Å². The Hall–Kier alpha value is -2.89. The highest BCUT2D eigenvalue weighted by Gasteiger charge is 2.25. The summed E-state index contributed by atoms with van der Waals surface area (Å²) < 4.78 is 5.80. The summed E-state index contributed by atoms with van der Waals surface area (Å²) in [5, 5.41) is 5.39. The molecule has 0 radical (unpaired) electrons. The SMILES string of the molecule is C[C@@H](C(=O)Nc1ccc2ccccc2c1)N1CCN(CCOc2ccccc2)CC1. The van der Waals surface area contributed by atoms with Gasteiger partial charge in [0.1, 0.15) is 12.4 Å². The van der Waals surface area contributed by atoms with Crippen LogP contribution in [0.3, 0.4) is 0 Å². The highest BCUT2D eigenvalue weighted by atomic mass is 16.5. The van der Waals surface area contributed by atoms with Gasteiger partial charge in [0.2, 0.25) is 5.91 Å². The summed E-state index contributed by atoms with van der Waals surface area (Å²) in [6, 6.07) is 24.0. The van der Waals surface area contributed by atoms with Crippen molar-refractivity contribution in [2.75, 3.05) is 44.6 Å². The van der Waals surface area contributed by atoms with Gasteiger partial charge in [0, 0.05) is 38.4 Å². The number of piperazine rings is 1. The van der Waals surface area contributed by atoms with Crippen molar-refractivity contribution in [3.63, 3.8) is 0 Å². The Morgan fingerprint density at radius 1 is 0.933 bits per heavy atom. The average Bonchev–Trinajstić information content (AvgIpc) is 2.80. The van der Waals surface area contributed by atoms with Crippen LogP contribution in [0.25, 0.3) is 10.8 Å². The van der Waals surface area contributed by atoms with Crippen molar-refractivity contribution in [1.82, 2.24) is 9.80 Å². The van der Waals surface area contributed by atoms with Gasteiger partial charge in [0.05, 0.1) is 6.04 Å². The minimum atomic E-state index is -0.154. The largest absolute Gasteiger partial charge is 0.492 e. The maximum atomic E-state index is 12.8. The molecule has 0 bridgehead atoms. The van der Waals surface area contributed by atoms with Crippen LogP contribution in [0, 0.1) is 0 Å². The van der Waals surface area contributed by atoms with E-state index in [1.807, 2.05) is 67.6 Å². The van der Waals surface area contributed by atoms with E-state index in [4.69, 9.17) is 4.74 Å². The van der Waals surface area contributed by atoms with E-state index in [1.165, 1.54) is 5.39 Å². The molecule has 1 atom stereocenters. The Morgan fingerprint density at radius 2 is 1.63 bits per heavy atom. The molecule has 1 N–H and O–H groups in total. The second-order valence-electron chi connectivity index (χ2n) is 7.77. The summed E-state index contributed by atoms with van der Waals surface area (Å²) in [5.74, 6) is 0.960. The molecule has 5 heteroatoms. The first-order chi connectivity index (χ1) is 14.7. The molecular formula is C25H29N3O2. The van der Waals surface area contributed by atoms with Gasteiger partial charge in [-0.05, 0) is 42.0 Å². The van der Waals surface area contributed by atoms with Crippen LogP contribution in [0.5, 0.6) is 5.75 Å². The fraction of sp³-hybridized carbons (Fsp3) is 0.320. The van der Waals surface area contributed by atoms with Crippen molar-refractivity contribution in [2.24, 2.45) is 0 Å². The van der Waals surface area contributed by atoms with Crippen molar-refractivity contribution in [3.05, 3.63) is 72.8 Å². The zero-order valence-electron chi connectivity index (χ0n) is 17.5. The summed E-state index contributed by atoms with van der Waals surface area (Å²) in [6.45, 7) is 7.25. The molecule has 0 aromatic heterocycles. The van der Waals surface area contributed by atoms with Gasteiger partial charge in [-0.2, -0.15) is 0 Å². The lowest BCUT2D eigenvalue weighted by atomic mass is 10.1. The number of amides is 1. The summed E-state index contributed by atoms with van der Waals surface area (Å²) in [7, 11) is 0. The molecule has 0 spiro atoms. The first-order valence-electron chi connectivity index (χ1n) is 10.6. The number of benzene rings is 3. The number of fused-ring (bicyclic) bond motifs is 1. The van der Waals surface area contributed by atoms with Gasteiger partial charge in [-0.1, -0.05) is 48.5 Å². The maximum Gasteiger partial charge on any atom is 0.241 e. The van der Waals surface area contributed by atoms with Gasteiger partial charge < -0.3 is 10.1 Å². The molecular weight excluding hydrogens is 374 g/mol. The zero-order valence-corrected chi connectivity index (χ0v) is 17.5. The number of carbonyl (C=O) groups is 1. The molecule has 1 heterocycles. The molecule has 0 unspecified atom stereocenters. The predicted molar refractivity (Wildman–Crippen MR) is 122 cm³/mol. The summed E-state index contributed by atoms with van der Waals surface area (Å²) in [4.78, 5) is 17.4. The standard InChI is InChI=1S/C25H29N3O2/c1-20(25(29)26-23-12-11-21-7-5-6-8-22(21)19-23)28-15-13-27(14-16-28)17-18-30-24-9-3-2-4-10-24/h2-12,19-20H,13-18H2,1H3,(H,26,29)/t20-/m0/s1.